The summed E-state index contributed by atoms with van der Waals surface area (Å²) in [5.74, 6) is 0.801. The summed E-state index contributed by atoms with van der Waals surface area (Å²) in [5.41, 5.74) is 1.14. The first-order valence-corrected chi connectivity index (χ1v) is 7.42. The zero-order chi connectivity index (χ0) is 17.5. The Kier molecular flexibility index (Phi) is 6.01. The molecular formula is C18H19FO5. The molecule has 2 rings (SSSR count). The molecule has 0 bridgehead atoms. The van der Waals surface area contributed by atoms with Gasteiger partial charge < -0.3 is 18.9 Å². The number of methoxy groups -OCH3 is 2. The summed E-state index contributed by atoms with van der Waals surface area (Å²) in [6.45, 7) is 1.92. The molecule has 5 nitrogen and oxygen atoms in total. The van der Waals surface area contributed by atoms with Crippen LogP contribution in [-0.2, 0) is 17.8 Å². The minimum Gasteiger partial charge on any atom is -0.496 e. The van der Waals surface area contributed by atoms with Crippen LogP contribution in [0, 0.1) is 5.82 Å². The highest BCUT2D eigenvalue weighted by Crippen LogP contribution is 2.30. The van der Waals surface area contributed by atoms with Gasteiger partial charge in [-0.05, 0) is 30.2 Å². The molecule has 0 radical (unpaired) electrons. The van der Waals surface area contributed by atoms with Gasteiger partial charge in [-0.2, -0.15) is 0 Å². The minimum absolute atomic E-state index is 0.0429. The Balaban J connectivity index is 2.21. The number of halogens is 1. The van der Waals surface area contributed by atoms with Crippen molar-refractivity contribution in [3.8, 4) is 17.2 Å². The minimum atomic E-state index is -0.845. The van der Waals surface area contributed by atoms with Gasteiger partial charge in [0.1, 0.15) is 29.7 Å². The lowest BCUT2D eigenvalue weighted by molar-refractivity contribution is 0.120. The van der Waals surface area contributed by atoms with Crippen molar-refractivity contribution in [2.75, 3.05) is 14.2 Å². The summed E-state index contributed by atoms with van der Waals surface area (Å²) in [7, 11) is 2.72. The van der Waals surface area contributed by atoms with Crippen LogP contribution in [0.5, 0.6) is 17.2 Å². The summed E-state index contributed by atoms with van der Waals surface area (Å²) in [5, 5.41) is 0. The number of hydrogen-bond acceptors (Lipinski definition) is 5. The van der Waals surface area contributed by atoms with Gasteiger partial charge in [0.15, 0.2) is 0 Å². The summed E-state index contributed by atoms with van der Waals surface area (Å²) < 4.78 is 34.3. The zero-order valence-corrected chi connectivity index (χ0v) is 13.8. The van der Waals surface area contributed by atoms with Crippen molar-refractivity contribution in [3.05, 3.63) is 53.3 Å². The van der Waals surface area contributed by atoms with E-state index in [1.54, 1.807) is 30.3 Å². The van der Waals surface area contributed by atoms with Crippen LogP contribution >= 0.6 is 0 Å². The summed E-state index contributed by atoms with van der Waals surface area (Å²) in [6, 6.07) is 9.69. The van der Waals surface area contributed by atoms with Gasteiger partial charge in [0.2, 0.25) is 0 Å². The quantitative estimate of drug-likeness (QED) is 0.587. The van der Waals surface area contributed by atoms with Gasteiger partial charge in [-0.1, -0.05) is 19.1 Å². The molecule has 0 amide bonds. The largest absolute Gasteiger partial charge is 0.513 e. The van der Waals surface area contributed by atoms with Crippen molar-refractivity contribution in [1.29, 1.82) is 0 Å². The lowest BCUT2D eigenvalue weighted by Crippen LogP contribution is -2.10. The van der Waals surface area contributed by atoms with Gasteiger partial charge in [0, 0.05) is 6.07 Å². The predicted molar refractivity (Wildman–Crippen MR) is 86.1 cm³/mol. The molecule has 0 aliphatic carbocycles. The van der Waals surface area contributed by atoms with E-state index in [1.807, 2.05) is 6.92 Å². The fourth-order valence-corrected chi connectivity index (χ4v) is 2.17. The fourth-order valence-electron chi connectivity index (χ4n) is 2.17. The standard InChI is InChI=1S/C18H19FO5/c1-4-12-8-9-13(10-15(12)19)23-11-14-16(21-2)6-5-7-17(14)24-18(20)22-3/h5-10H,4,11H2,1-3H3. The van der Waals surface area contributed by atoms with Crippen LogP contribution in [0.4, 0.5) is 9.18 Å². The first-order chi connectivity index (χ1) is 11.6. The van der Waals surface area contributed by atoms with E-state index in [0.717, 1.165) is 0 Å². The number of hydrogen-bond donors (Lipinski definition) is 0. The third-order valence-electron chi connectivity index (χ3n) is 3.46. The maximum atomic E-state index is 13.8. The monoisotopic (exact) mass is 334 g/mol. The molecule has 0 spiro atoms. The molecule has 0 N–H and O–H groups in total. The molecule has 0 aliphatic heterocycles. The van der Waals surface area contributed by atoms with Crippen LogP contribution in [-0.4, -0.2) is 20.4 Å². The molecule has 128 valence electrons. The highest BCUT2D eigenvalue weighted by Gasteiger charge is 2.15. The van der Waals surface area contributed by atoms with Crippen molar-refractivity contribution in [1.82, 2.24) is 0 Å². The molecule has 24 heavy (non-hydrogen) atoms. The smallest absolute Gasteiger partial charge is 0.496 e. The maximum Gasteiger partial charge on any atom is 0.513 e. The summed E-state index contributed by atoms with van der Waals surface area (Å²) >= 11 is 0. The molecule has 0 fully saturated rings. The Hall–Kier alpha value is -2.76. The first kappa shape index (κ1) is 17.6. The van der Waals surface area contributed by atoms with Gasteiger partial charge in [0.05, 0.1) is 19.8 Å². The number of carbonyl (C=O) groups is 1. The van der Waals surface area contributed by atoms with Crippen molar-refractivity contribution < 1.29 is 28.1 Å². The van der Waals surface area contributed by atoms with Crippen LogP contribution in [0.3, 0.4) is 0 Å². The lowest BCUT2D eigenvalue weighted by atomic mass is 10.1. The predicted octanol–water partition coefficient (Wildman–Crippen LogP) is 4.12. The topological polar surface area (TPSA) is 54.0 Å². The Bertz CT molecular complexity index is 715. The Morgan fingerprint density at radius 2 is 1.88 bits per heavy atom. The molecule has 0 saturated heterocycles. The fraction of sp³-hybridized carbons (Fsp3) is 0.278. The van der Waals surface area contributed by atoms with Gasteiger partial charge in [-0.15, -0.1) is 0 Å². The number of benzene rings is 2. The molecule has 2 aromatic rings. The van der Waals surface area contributed by atoms with Crippen LogP contribution in [0.1, 0.15) is 18.1 Å². The van der Waals surface area contributed by atoms with E-state index in [0.29, 0.717) is 29.0 Å². The van der Waals surface area contributed by atoms with Gasteiger partial charge in [-0.3, -0.25) is 0 Å². The van der Waals surface area contributed by atoms with Crippen LogP contribution in [0.2, 0.25) is 0 Å². The normalized spacial score (nSPS) is 10.2. The Morgan fingerprint density at radius 3 is 2.50 bits per heavy atom. The highest BCUT2D eigenvalue weighted by molar-refractivity contribution is 5.65. The van der Waals surface area contributed by atoms with Crippen LogP contribution in [0.25, 0.3) is 0 Å². The molecule has 0 aromatic heterocycles. The van der Waals surface area contributed by atoms with Gasteiger partial charge in [0.25, 0.3) is 0 Å². The Labute approximate surface area is 139 Å². The lowest BCUT2D eigenvalue weighted by Gasteiger charge is -2.14. The van der Waals surface area contributed by atoms with E-state index in [-0.39, 0.29) is 18.2 Å². The molecular weight excluding hydrogens is 315 g/mol. The second-order valence-electron chi connectivity index (χ2n) is 4.89. The third-order valence-corrected chi connectivity index (χ3v) is 3.46. The highest BCUT2D eigenvalue weighted by atomic mass is 19.1. The van der Waals surface area contributed by atoms with Crippen LogP contribution in [0.15, 0.2) is 36.4 Å². The maximum absolute atomic E-state index is 13.8. The molecule has 0 aliphatic rings. The average Bonchev–Trinajstić information content (AvgIpc) is 2.60. The van der Waals surface area contributed by atoms with E-state index in [4.69, 9.17) is 14.2 Å². The zero-order valence-electron chi connectivity index (χ0n) is 13.8. The molecule has 0 heterocycles. The summed E-state index contributed by atoms with van der Waals surface area (Å²) in [6.07, 6.45) is -0.238. The van der Waals surface area contributed by atoms with E-state index < -0.39 is 6.16 Å². The molecule has 2 aromatic carbocycles. The van der Waals surface area contributed by atoms with Gasteiger partial charge >= 0.3 is 6.16 Å². The molecule has 6 heteroatoms. The molecule has 0 saturated carbocycles. The summed E-state index contributed by atoms with van der Waals surface area (Å²) in [4.78, 5) is 11.3. The van der Waals surface area contributed by atoms with E-state index >= 15 is 0 Å². The third kappa shape index (κ3) is 4.16. The Morgan fingerprint density at radius 1 is 1.12 bits per heavy atom. The van der Waals surface area contributed by atoms with Crippen LogP contribution < -0.4 is 14.2 Å². The van der Waals surface area contributed by atoms with Crippen molar-refractivity contribution in [3.63, 3.8) is 0 Å². The number of carbonyl (C=O) groups excluding carboxylic acids is 1. The first-order valence-electron chi connectivity index (χ1n) is 7.42. The van der Waals surface area contributed by atoms with Crippen molar-refractivity contribution in [2.24, 2.45) is 0 Å². The van der Waals surface area contributed by atoms with E-state index in [9.17, 15) is 9.18 Å². The number of rotatable bonds is 6. The number of aryl methyl sites for hydroxylation is 1. The van der Waals surface area contributed by atoms with Crippen molar-refractivity contribution in [2.45, 2.75) is 20.0 Å². The van der Waals surface area contributed by atoms with E-state index in [1.165, 1.54) is 20.3 Å². The van der Waals surface area contributed by atoms with E-state index in [2.05, 4.69) is 4.74 Å². The average molecular weight is 334 g/mol. The van der Waals surface area contributed by atoms with Crippen molar-refractivity contribution >= 4 is 6.16 Å². The second-order valence-corrected chi connectivity index (χ2v) is 4.89. The molecule has 0 unspecified atom stereocenters. The van der Waals surface area contributed by atoms with Gasteiger partial charge in [-0.25, -0.2) is 9.18 Å². The molecule has 0 atom stereocenters. The SMILES string of the molecule is CCc1ccc(OCc2c(OC)cccc2OC(=O)OC)cc1F. The second kappa shape index (κ2) is 8.19. The number of ether oxygens (including phenoxy) is 4.